The third kappa shape index (κ3) is 1.91. The van der Waals surface area contributed by atoms with Crippen molar-refractivity contribution in [2.45, 2.75) is 13.0 Å². The lowest BCUT2D eigenvalue weighted by molar-refractivity contribution is 0.464. The first kappa shape index (κ1) is 9.83. The molecular weight excluding hydrogens is 166 g/mol. The lowest BCUT2D eigenvalue weighted by atomic mass is 10.0. The molecule has 0 amide bonds. The number of rotatable bonds is 2. The fourth-order valence-corrected chi connectivity index (χ4v) is 1.25. The van der Waals surface area contributed by atoms with E-state index in [1.165, 1.54) is 0 Å². The van der Waals surface area contributed by atoms with Gasteiger partial charge >= 0.3 is 0 Å². The molecule has 1 aromatic carbocycles. The van der Waals surface area contributed by atoms with Gasteiger partial charge in [0, 0.05) is 18.2 Å². The number of anilines is 1. The number of benzene rings is 1. The summed E-state index contributed by atoms with van der Waals surface area (Å²) in [7, 11) is 0. The third-order valence-corrected chi connectivity index (χ3v) is 1.97. The maximum Gasteiger partial charge on any atom is 0.143 e. The number of hydrogen-bond donors (Lipinski definition) is 4. The number of nitrogens with two attached hydrogens (primary N) is 3. The van der Waals surface area contributed by atoms with Crippen LogP contribution in [-0.2, 0) is 0 Å². The first-order chi connectivity index (χ1) is 6.06. The summed E-state index contributed by atoms with van der Waals surface area (Å²) in [4.78, 5) is 0. The van der Waals surface area contributed by atoms with E-state index in [0.29, 0.717) is 11.3 Å². The van der Waals surface area contributed by atoms with Crippen molar-refractivity contribution >= 4 is 5.69 Å². The van der Waals surface area contributed by atoms with Gasteiger partial charge in [-0.05, 0) is 18.6 Å². The van der Waals surface area contributed by atoms with Crippen molar-refractivity contribution < 1.29 is 5.11 Å². The van der Waals surface area contributed by atoms with Gasteiger partial charge < -0.3 is 22.3 Å². The highest BCUT2D eigenvalue weighted by atomic mass is 16.3. The van der Waals surface area contributed by atoms with E-state index in [-0.39, 0.29) is 18.3 Å². The Kier molecular flexibility index (Phi) is 2.75. The van der Waals surface area contributed by atoms with Gasteiger partial charge in [0.25, 0.3) is 0 Å². The molecule has 7 N–H and O–H groups in total. The zero-order chi connectivity index (χ0) is 10.0. The molecule has 4 heteroatoms. The molecule has 72 valence electrons. The zero-order valence-electron chi connectivity index (χ0n) is 7.62. The Labute approximate surface area is 77.3 Å². The van der Waals surface area contributed by atoms with E-state index in [0.717, 1.165) is 5.56 Å². The van der Waals surface area contributed by atoms with Gasteiger partial charge in [-0.15, -0.1) is 0 Å². The van der Waals surface area contributed by atoms with Crippen molar-refractivity contribution in [3.05, 3.63) is 23.3 Å². The molecule has 0 aliphatic heterocycles. The minimum atomic E-state index is -0.359. The predicted molar refractivity (Wildman–Crippen MR) is 53.2 cm³/mol. The Balaban J connectivity index is 3.20. The average Bonchev–Trinajstić information content (AvgIpc) is 2.10. The Morgan fingerprint density at radius 2 is 2.08 bits per heavy atom. The highest BCUT2D eigenvalue weighted by molar-refractivity contribution is 5.58. The van der Waals surface area contributed by atoms with Crippen LogP contribution in [0.5, 0.6) is 5.75 Å². The monoisotopic (exact) mass is 181 g/mol. The van der Waals surface area contributed by atoms with Crippen LogP contribution in [0.4, 0.5) is 5.69 Å². The fraction of sp³-hybridized carbons (Fsp3) is 0.333. The summed E-state index contributed by atoms with van der Waals surface area (Å²) in [5.41, 5.74) is 18.6. The zero-order valence-corrected chi connectivity index (χ0v) is 7.62. The summed E-state index contributed by atoms with van der Waals surface area (Å²) in [6.45, 7) is 2.18. The molecule has 0 fully saturated rings. The van der Waals surface area contributed by atoms with Crippen LogP contribution in [0.3, 0.4) is 0 Å². The molecule has 0 radical (unpaired) electrons. The Morgan fingerprint density at radius 3 is 2.62 bits per heavy atom. The van der Waals surface area contributed by atoms with E-state index in [1.54, 1.807) is 12.1 Å². The predicted octanol–water partition coefficient (Wildman–Crippen LogP) is 0.241. The first-order valence-electron chi connectivity index (χ1n) is 4.11. The SMILES string of the molecule is Cc1cc(N)c(O)c([C@H](N)CN)c1. The van der Waals surface area contributed by atoms with Crippen LogP contribution in [0.25, 0.3) is 0 Å². The van der Waals surface area contributed by atoms with Crippen molar-refractivity contribution in [3.8, 4) is 5.75 Å². The second-order valence-corrected chi connectivity index (χ2v) is 3.13. The average molecular weight is 181 g/mol. The van der Waals surface area contributed by atoms with E-state index >= 15 is 0 Å². The van der Waals surface area contributed by atoms with Crippen LogP contribution >= 0.6 is 0 Å². The number of aryl methyl sites for hydroxylation is 1. The topological polar surface area (TPSA) is 98.3 Å². The van der Waals surface area contributed by atoms with Crippen LogP contribution in [0, 0.1) is 6.92 Å². The summed E-state index contributed by atoms with van der Waals surface area (Å²) < 4.78 is 0. The molecule has 0 aliphatic rings. The molecule has 0 saturated heterocycles. The first-order valence-corrected chi connectivity index (χ1v) is 4.11. The van der Waals surface area contributed by atoms with E-state index in [4.69, 9.17) is 17.2 Å². The van der Waals surface area contributed by atoms with E-state index in [9.17, 15) is 5.11 Å². The molecule has 1 rings (SSSR count). The van der Waals surface area contributed by atoms with Gasteiger partial charge in [0.15, 0.2) is 0 Å². The number of hydrogen-bond acceptors (Lipinski definition) is 4. The van der Waals surface area contributed by atoms with Gasteiger partial charge in [0.2, 0.25) is 0 Å². The molecule has 0 aromatic heterocycles. The van der Waals surface area contributed by atoms with E-state index < -0.39 is 0 Å². The smallest absolute Gasteiger partial charge is 0.143 e. The number of phenols is 1. The summed E-state index contributed by atoms with van der Waals surface area (Å²) in [6, 6.07) is 3.13. The van der Waals surface area contributed by atoms with Gasteiger partial charge in [-0.1, -0.05) is 6.07 Å². The standard InChI is InChI=1S/C9H15N3O/c1-5-2-6(8(12)4-10)9(13)7(11)3-5/h2-3,8,13H,4,10-12H2,1H3/t8-/m1/s1. The largest absolute Gasteiger partial charge is 0.505 e. The minimum absolute atomic E-state index is 0.0450. The Hall–Kier alpha value is -1.26. The maximum atomic E-state index is 9.56. The number of nitrogen functional groups attached to an aromatic ring is 1. The van der Waals surface area contributed by atoms with Gasteiger partial charge in [-0.3, -0.25) is 0 Å². The highest BCUT2D eigenvalue weighted by Crippen LogP contribution is 2.29. The van der Waals surface area contributed by atoms with Crippen molar-refractivity contribution in [2.24, 2.45) is 11.5 Å². The molecule has 1 aromatic rings. The lowest BCUT2D eigenvalue weighted by Gasteiger charge is -2.13. The molecule has 0 spiro atoms. The van der Waals surface area contributed by atoms with Crippen molar-refractivity contribution in [1.29, 1.82) is 0 Å². The van der Waals surface area contributed by atoms with Crippen LogP contribution in [0.15, 0.2) is 12.1 Å². The molecule has 0 unspecified atom stereocenters. The molecule has 0 saturated carbocycles. The van der Waals surface area contributed by atoms with Crippen LogP contribution in [-0.4, -0.2) is 11.7 Å². The van der Waals surface area contributed by atoms with E-state index in [2.05, 4.69) is 0 Å². The third-order valence-electron chi connectivity index (χ3n) is 1.97. The van der Waals surface area contributed by atoms with Gasteiger partial charge in [-0.25, -0.2) is 0 Å². The fourth-order valence-electron chi connectivity index (χ4n) is 1.25. The molecular formula is C9H15N3O. The summed E-state index contributed by atoms with van der Waals surface area (Å²) in [6.07, 6.45) is 0. The molecule has 0 bridgehead atoms. The lowest BCUT2D eigenvalue weighted by Crippen LogP contribution is -2.21. The second kappa shape index (κ2) is 3.64. The maximum absolute atomic E-state index is 9.56. The molecule has 0 aliphatic carbocycles. The van der Waals surface area contributed by atoms with Crippen molar-refractivity contribution in [3.63, 3.8) is 0 Å². The minimum Gasteiger partial charge on any atom is -0.505 e. The van der Waals surface area contributed by atoms with Gasteiger partial charge in [0.1, 0.15) is 5.75 Å². The summed E-state index contributed by atoms with van der Waals surface area (Å²) in [5.74, 6) is 0.0450. The van der Waals surface area contributed by atoms with Crippen LogP contribution in [0.1, 0.15) is 17.2 Å². The van der Waals surface area contributed by atoms with Gasteiger partial charge in [0.05, 0.1) is 5.69 Å². The Bertz CT molecular complexity index is 312. The molecule has 0 heterocycles. The Morgan fingerprint density at radius 1 is 1.46 bits per heavy atom. The van der Waals surface area contributed by atoms with Crippen molar-refractivity contribution in [2.75, 3.05) is 12.3 Å². The molecule has 4 nitrogen and oxygen atoms in total. The van der Waals surface area contributed by atoms with E-state index in [1.807, 2.05) is 6.92 Å². The second-order valence-electron chi connectivity index (χ2n) is 3.13. The summed E-state index contributed by atoms with van der Waals surface area (Å²) >= 11 is 0. The highest BCUT2D eigenvalue weighted by Gasteiger charge is 2.11. The van der Waals surface area contributed by atoms with Gasteiger partial charge in [-0.2, -0.15) is 0 Å². The van der Waals surface area contributed by atoms with Crippen LogP contribution in [0.2, 0.25) is 0 Å². The number of aromatic hydroxyl groups is 1. The van der Waals surface area contributed by atoms with Crippen LogP contribution < -0.4 is 17.2 Å². The van der Waals surface area contributed by atoms with Crippen molar-refractivity contribution in [1.82, 2.24) is 0 Å². The normalized spacial score (nSPS) is 12.8. The molecule has 13 heavy (non-hydrogen) atoms. The summed E-state index contributed by atoms with van der Waals surface area (Å²) in [5, 5.41) is 9.56. The quantitative estimate of drug-likeness (QED) is 0.388. The molecule has 1 atom stereocenters. The number of phenolic OH excluding ortho intramolecular Hbond substituents is 1.